The molecule has 0 aromatic heterocycles. The van der Waals surface area contributed by atoms with E-state index >= 15 is 0 Å². The smallest absolute Gasteiger partial charge is 0.211 e. The Bertz CT molecular complexity index is 346. The number of piperidine rings is 1. The van der Waals surface area contributed by atoms with E-state index in [2.05, 4.69) is 28.9 Å². The molecule has 1 rings (SSSR count). The molecule has 0 aromatic rings. The second-order valence-corrected chi connectivity index (χ2v) is 7.68. The summed E-state index contributed by atoms with van der Waals surface area (Å²) in [6, 6.07) is 0.366. The van der Waals surface area contributed by atoms with Gasteiger partial charge in [0.2, 0.25) is 10.0 Å². The van der Waals surface area contributed by atoms with Gasteiger partial charge in [0, 0.05) is 12.6 Å². The average molecular weight is 305 g/mol. The molecule has 6 heteroatoms. The lowest BCUT2D eigenvalue weighted by molar-refractivity contribution is 0.187. The summed E-state index contributed by atoms with van der Waals surface area (Å²) in [5.41, 5.74) is 0. The topological polar surface area (TPSA) is 61.4 Å². The van der Waals surface area contributed by atoms with Gasteiger partial charge in [-0.3, -0.25) is 0 Å². The summed E-state index contributed by atoms with van der Waals surface area (Å²) in [7, 11) is -1.02. The van der Waals surface area contributed by atoms with Crippen molar-refractivity contribution in [3.05, 3.63) is 0 Å². The fourth-order valence-corrected chi connectivity index (χ4v) is 3.72. The van der Waals surface area contributed by atoms with Crippen molar-refractivity contribution in [2.24, 2.45) is 0 Å². The highest BCUT2D eigenvalue weighted by Gasteiger charge is 2.20. The molecule has 1 unspecified atom stereocenters. The van der Waals surface area contributed by atoms with E-state index in [0.717, 1.165) is 45.3 Å². The maximum Gasteiger partial charge on any atom is 0.211 e. The average Bonchev–Trinajstić information content (AvgIpc) is 2.42. The molecule has 1 fully saturated rings. The Balaban J connectivity index is 2.14. The number of unbranched alkanes of at least 4 members (excludes halogenated alkanes) is 1. The second kappa shape index (κ2) is 9.71. The van der Waals surface area contributed by atoms with Crippen LogP contribution in [0.5, 0.6) is 0 Å². The lowest BCUT2D eigenvalue weighted by atomic mass is 10.0. The third-order valence-corrected chi connectivity index (χ3v) is 5.34. The van der Waals surface area contributed by atoms with Crippen molar-refractivity contribution in [1.82, 2.24) is 14.9 Å². The van der Waals surface area contributed by atoms with Crippen LogP contribution >= 0.6 is 0 Å². The third kappa shape index (κ3) is 7.57. The number of nitrogens with one attached hydrogen (secondary N) is 2. The van der Waals surface area contributed by atoms with Gasteiger partial charge in [0.25, 0.3) is 0 Å². The van der Waals surface area contributed by atoms with E-state index < -0.39 is 10.0 Å². The second-order valence-electron chi connectivity index (χ2n) is 5.75. The Labute approximate surface area is 124 Å². The number of hydrogen-bond donors (Lipinski definition) is 2. The summed E-state index contributed by atoms with van der Waals surface area (Å²) in [6.07, 6.45) is 6.30. The maximum atomic E-state index is 11.9. The molecular weight excluding hydrogens is 274 g/mol. The first kappa shape index (κ1) is 17.9. The Hall–Kier alpha value is -0.170. The summed E-state index contributed by atoms with van der Waals surface area (Å²) >= 11 is 0. The molecule has 0 aromatic carbocycles. The van der Waals surface area contributed by atoms with Crippen LogP contribution in [0, 0.1) is 0 Å². The first-order chi connectivity index (χ1) is 9.55. The number of hydrogen-bond acceptors (Lipinski definition) is 4. The van der Waals surface area contributed by atoms with Gasteiger partial charge >= 0.3 is 0 Å². The molecule has 0 amide bonds. The molecule has 1 atom stereocenters. The van der Waals surface area contributed by atoms with E-state index in [1.807, 2.05) is 0 Å². The van der Waals surface area contributed by atoms with E-state index in [4.69, 9.17) is 0 Å². The largest absolute Gasteiger partial charge is 0.317 e. The maximum absolute atomic E-state index is 11.9. The normalized spacial score (nSPS) is 21.2. The molecule has 0 saturated carbocycles. The van der Waals surface area contributed by atoms with E-state index in [-0.39, 0.29) is 5.75 Å². The fraction of sp³-hybridized carbons (Fsp3) is 1.00. The zero-order valence-corrected chi connectivity index (χ0v) is 13.8. The molecule has 0 aliphatic carbocycles. The van der Waals surface area contributed by atoms with Crippen LogP contribution in [0.15, 0.2) is 0 Å². The van der Waals surface area contributed by atoms with Gasteiger partial charge in [-0.05, 0) is 58.8 Å². The molecule has 20 heavy (non-hydrogen) atoms. The van der Waals surface area contributed by atoms with Crippen LogP contribution in [-0.2, 0) is 10.0 Å². The summed E-state index contributed by atoms with van der Waals surface area (Å²) < 4.78 is 26.6. The fourth-order valence-electron chi connectivity index (χ4n) is 2.54. The van der Waals surface area contributed by atoms with Crippen molar-refractivity contribution in [1.29, 1.82) is 0 Å². The Morgan fingerprint density at radius 2 is 2.00 bits per heavy atom. The highest BCUT2D eigenvalue weighted by Crippen LogP contribution is 2.14. The van der Waals surface area contributed by atoms with E-state index in [1.54, 1.807) is 0 Å². The van der Waals surface area contributed by atoms with Gasteiger partial charge in [-0.2, -0.15) is 0 Å². The predicted molar refractivity (Wildman–Crippen MR) is 84.5 cm³/mol. The van der Waals surface area contributed by atoms with E-state index in [1.165, 1.54) is 12.8 Å². The lowest BCUT2D eigenvalue weighted by Gasteiger charge is -2.32. The summed E-state index contributed by atoms with van der Waals surface area (Å²) in [5.74, 6) is 0.247. The van der Waals surface area contributed by atoms with Gasteiger partial charge in [0.05, 0.1) is 5.75 Å². The molecule has 1 heterocycles. The van der Waals surface area contributed by atoms with Crippen molar-refractivity contribution in [3.63, 3.8) is 0 Å². The minimum Gasteiger partial charge on any atom is -0.317 e. The molecule has 2 N–H and O–H groups in total. The van der Waals surface area contributed by atoms with Gasteiger partial charge in [-0.1, -0.05) is 13.3 Å². The summed E-state index contributed by atoms with van der Waals surface area (Å²) in [6.45, 7) is 5.69. The van der Waals surface area contributed by atoms with Crippen LogP contribution in [-0.4, -0.2) is 58.3 Å². The molecule has 0 spiro atoms. The Kier molecular flexibility index (Phi) is 8.68. The Morgan fingerprint density at radius 3 is 2.70 bits per heavy atom. The van der Waals surface area contributed by atoms with Crippen molar-refractivity contribution < 1.29 is 8.42 Å². The molecule has 0 radical (unpaired) electrons. The van der Waals surface area contributed by atoms with Crippen molar-refractivity contribution in [2.75, 3.05) is 39.0 Å². The van der Waals surface area contributed by atoms with Crippen molar-refractivity contribution >= 4 is 10.0 Å². The number of likely N-dealkylation sites (N-methyl/N-ethyl adjacent to an activating group) is 1. The lowest BCUT2D eigenvalue weighted by Crippen LogP contribution is -2.44. The van der Waals surface area contributed by atoms with Crippen molar-refractivity contribution in [2.45, 2.75) is 51.5 Å². The minimum atomic E-state index is -3.10. The molecule has 120 valence electrons. The van der Waals surface area contributed by atoms with Crippen LogP contribution in [0.4, 0.5) is 0 Å². The number of rotatable bonds is 10. The van der Waals surface area contributed by atoms with Crippen LogP contribution in [0.1, 0.15) is 45.4 Å². The van der Waals surface area contributed by atoms with E-state index in [9.17, 15) is 8.42 Å². The number of nitrogens with zero attached hydrogens (tertiary/aromatic N) is 1. The van der Waals surface area contributed by atoms with Gasteiger partial charge in [-0.15, -0.1) is 0 Å². The molecule has 0 bridgehead atoms. The zero-order valence-electron chi connectivity index (χ0n) is 13.0. The number of likely N-dealkylation sites (tertiary alicyclic amines) is 1. The SMILES string of the molecule is CCCNCCCCS(=O)(=O)NCC1CCCCN1C. The summed E-state index contributed by atoms with van der Waals surface area (Å²) in [5, 5.41) is 3.29. The van der Waals surface area contributed by atoms with Crippen LogP contribution in [0.3, 0.4) is 0 Å². The number of sulfonamides is 1. The highest BCUT2D eigenvalue weighted by atomic mass is 32.2. The molecular formula is C14H31N3O2S. The molecule has 1 aliphatic rings. The monoisotopic (exact) mass is 305 g/mol. The zero-order chi connectivity index (χ0) is 14.8. The van der Waals surface area contributed by atoms with Gasteiger partial charge < -0.3 is 10.2 Å². The first-order valence-electron chi connectivity index (χ1n) is 7.93. The molecule has 1 saturated heterocycles. The van der Waals surface area contributed by atoms with Gasteiger partial charge in [0.1, 0.15) is 0 Å². The van der Waals surface area contributed by atoms with Gasteiger partial charge in [-0.25, -0.2) is 13.1 Å². The third-order valence-electron chi connectivity index (χ3n) is 3.90. The predicted octanol–water partition coefficient (Wildman–Crippen LogP) is 1.17. The van der Waals surface area contributed by atoms with Crippen LogP contribution in [0.2, 0.25) is 0 Å². The molecule has 5 nitrogen and oxygen atoms in total. The summed E-state index contributed by atoms with van der Waals surface area (Å²) in [4.78, 5) is 2.26. The highest BCUT2D eigenvalue weighted by molar-refractivity contribution is 7.89. The van der Waals surface area contributed by atoms with Crippen molar-refractivity contribution in [3.8, 4) is 0 Å². The standard InChI is InChI=1S/C14H31N3O2S/c1-3-9-15-10-5-7-12-20(18,19)16-13-14-8-4-6-11-17(14)2/h14-16H,3-13H2,1-2H3. The van der Waals surface area contributed by atoms with Crippen LogP contribution in [0.25, 0.3) is 0 Å². The van der Waals surface area contributed by atoms with E-state index in [0.29, 0.717) is 12.6 Å². The van der Waals surface area contributed by atoms with Crippen LogP contribution < -0.4 is 10.0 Å². The minimum absolute atomic E-state index is 0.247. The quantitative estimate of drug-likeness (QED) is 0.595. The Morgan fingerprint density at radius 1 is 1.20 bits per heavy atom. The van der Waals surface area contributed by atoms with Gasteiger partial charge in [0.15, 0.2) is 0 Å². The molecule has 1 aliphatic heterocycles. The first-order valence-corrected chi connectivity index (χ1v) is 9.58.